The van der Waals surface area contributed by atoms with E-state index in [1.54, 1.807) is 36.7 Å². The van der Waals surface area contributed by atoms with E-state index in [9.17, 15) is 0 Å². The van der Waals surface area contributed by atoms with Gasteiger partial charge >= 0.3 is 0 Å². The summed E-state index contributed by atoms with van der Waals surface area (Å²) >= 11 is 36.4. The third-order valence-electron chi connectivity index (χ3n) is 3.58. The van der Waals surface area contributed by atoms with Gasteiger partial charge in [-0.05, 0) is 35.4 Å². The third-order valence-corrected chi connectivity index (χ3v) is 5.97. The van der Waals surface area contributed by atoms with Crippen LogP contribution in [0.25, 0.3) is 22.3 Å². The molecule has 0 atom stereocenters. The molecule has 2 N–H and O–H groups in total. The molecule has 0 bridgehead atoms. The highest BCUT2D eigenvalue weighted by Gasteiger charge is 2.15. The van der Waals surface area contributed by atoms with Gasteiger partial charge in [0, 0.05) is 23.5 Å². The lowest BCUT2D eigenvalue weighted by Gasteiger charge is -2.13. The number of pyridine rings is 1. The highest BCUT2D eigenvalue weighted by Crippen LogP contribution is 2.41. The molecule has 0 aliphatic heterocycles. The number of halogens is 6. The van der Waals surface area contributed by atoms with Gasteiger partial charge in [0.15, 0.2) is 0 Å². The van der Waals surface area contributed by atoms with Crippen molar-refractivity contribution < 1.29 is 0 Å². The monoisotopic (exact) mass is 450 g/mol. The first kappa shape index (κ1) is 18.9. The van der Waals surface area contributed by atoms with Crippen LogP contribution >= 0.6 is 69.6 Å². The molecule has 0 spiro atoms. The molecule has 1 heterocycles. The topological polar surface area (TPSA) is 38.9 Å². The summed E-state index contributed by atoms with van der Waals surface area (Å²) in [5.41, 5.74) is 9.51. The second kappa shape index (κ2) is 7.40. The molecule has 3 aromatic rings. The fourth-order valence-electron chi connectivity index (χ4n) is 2.35. The molecule has 1 aromatic heterocycles. The van der Waals surface area contributed by atoms with Crippen LogP contribution in [0.2, 0.25) is 30.1 Å². The molecule has 0 radical (unpaired) electrons. The minimum atomic E-state index is 0.283. The Kier molecular flexibility index (Phi) is 5.60. The first-order valence-electron chi connectivity index (χ1n) is 6.83. The number of nitrogen functional groups attached to an aromatic ring is 1. The summed E-state index contributed by atoms with van der Waals surface area (Å²) in [5, 5.41) is 1.87. The molecule has 8 heteroatoms. The second-order valence-corrected chi connectivity index (χ2v) is 7.54. The maximum atomic E-state index is 6.35. The van der Waals surface area contributed by atoms with Crippen molar-refractivity contribution in [1.82, 2.24) is 4.98 Å². The van der Waals surface area contributed by atoms with Crippen molar-refractivity contribution in [2.75, 3.05) is 5.73 Å². The Morgan fingerprint density at radius 2 is 0.920 bits per heavy atom. The van der Waals surface area contributed by atoms with Gasteiger partial charge in [0.05, 0.1) is 35.8 Å². The van der Waals surface area contributed by atoms with E-state index in [1.165, 1.54) is 0 Å². The SMILES string of the molecule is Nc1c(-c2cc(Cl)c(Cl)c(Cl)c2)cncc1-c1cc(Cl)c(Cl)c(Cl)c1. The molecule has 0 saturated carbocycles. The molecular weight excluding hydrogens is 445 g/mol. The number of hydrogen-bond acceptors (Lipinski definition) is 2. The molecule has 128 valence electrons. The largest absolute Gasteiger partial charge is 0.398 e. The van der Waals surface area contributed by atoms with E-state index < -0.39 is 0 Å². The van der Waals surface area contributed by atoms with Gasteiger partial charge in [-0.2, -0.15) is 0 Å². The molecule has 25 heavy (non-hydrogen) atoms. The lowest BCUT2D eigenvalue weighted by Crippen LogP contribution is -1.96. The molecule has 0 amide bonds. The van der Waals surface area contributed by atoms with Crippen LogP contribution in [0.3, 0.4) is 0 Å². The molecule has 0 unspecified atom stereocenters. The van der Waals surface area contributed by atoms with Gasteiger partial charge < -0.3 is 5.73 Å². The first-order chi connectivity index (χ1) is 11.8. The fourth-order valence-corrected chi connectivity index (χ4v) is 3.54. The molecule has 0 aliphatic rings. The Morgan fingerprint density at radius 3 is 1.24 bits per heavy atom. The zero-order valence-electron chi connectivity index (χ0n) is 12.3. The minimum Gasteiger partial charge on any atom is -0.398 e. The molecule has 2 nitrogen and oxygen atoms in total. The molecule has 0 fully saturated rings. The summed E-state index contributed by atoms with van der Waals surface area (Å²) in [4.78, 5) is 4.24. The normalized spacial score (nSPS) is 11.0. The zero-order chi connectivity index (χ0) is 18.3. The minimum absolute atomic E-state index is 0.283. The van der Waals surface area contributed by atoms with E-state index in [1.807, 2.05) is 0 Å². The Balaban J connectivity index is 2.19. The highest BCUT2D eigenvalue weighted by molar-refractivity contribution is 6.49. The Bertz CT molecular complexity index is 865. The van der Waals surface area contributed by atoms with Crippen LogP contribution in [-0.4, -0.2) is 4.98 Å². The van der Waals surface area contributed by atoms with Crippen LogP contribution in [-0.2, 0) is 0 Å². The number of hydrogen-bond donors (Lipinski definition) is 1. The van der Waals surface area contributed by atoms with Gasteiger partial charge in [-0.1, -0.05) is 69.6 Å². The highest BCUT2D eigenvalue weighted by atomic mass is 35.5. The summed E-state index contributed by atoms with van der Waals surface area (Å²) in [7, 11) is 0. The van der Waals surface area contributed by atoms with Crippen LogP contribution in [0.5, 0.6) is 0 Å². The number of anilines is 1. The van der Waals surface area contributed by atoms with Gasteiger partial charge in [-0.25, -0.2) is 0 Å². The molecule has 3 rings (SSSR count). The van der Waals surface area contributed by atoms with Gasteiger partial charge in [-0.3, -0.25) is 4.98 Å². The van der Waals surface area contributed by atoms with E-state index in [0.29, 0.717) is 48.0 Å². The van der Waals surface area contributed by atoms with E-state index in [2.05, 4.69) is 4.98 Å². The van der Waals surface area contributed by atoms with Crippen molar-refractivity contribution in [1.29, 1.82) is 0 Å². The van der Waals surface area contributed by atoms with Crippen LogP contribution in [0, 0.1) is 0 Å². The van der Waals surface area contributed by atoms with Crippen molar-refractivity contribution in [3.05, 3.63) is 66.8 Å². The Labute approximate surface area is 174 Å². The van der Waals surface area contributed by atoms with Crippen LogP contribution < -0.4 is 5.73 Å². The number of aromatic nitrogens is 1. The van der Waals surface area contributed by atoms with Crippen molar-refractivity contribution in [3.63, 3.8) is 0 Å². The van der Waals surface area contributed by atoms with Gasteiger partial charge in [-0.15, -0.1) is 0 Å². The van der Waals surface area contributed by atoms with Gasteiger partial charge in [0.2, 0.25) is 0 Å². The van der Waals surface area contributed by atoms with E-state index in [0.717, 1.165) is 0 Å². The van der Waals surface area contributed by atoms with Crippen LogP contribution in [0.1, 0.15) is 0 Å². The predicted molar refractivity (Wildman–Crippen MR) is 110 cm³/mol. The summed E-state index contributed by atoms with van der Waals surface area (Å²) in [6, 6.07) is 6.70. The first-order valence-corrected chi connectivity index (χ1v) is 9.09. The number of nitrogens with two attached hydrogens (primary N) is 1. The summed E-state index contributed by atoms with van der Waals surface area (Å²) in [6.45, 7) is 0. The van der Waals surface area contributed by atoms with E-state index in [4.69, 9.17) is 75.3 Å². The quantitative estimate of drug-likeness (QED) is 0.401. The molecule has 2 aromatic carbocycles. The lowest BCUT2D eigenvalue weighted by molar-refractivity contribution is 1.33. The van der Waals surface area contributed by atoms with E-state index >= 15 is 0 Å². The average molecular weight is 453 g/mol. The molecule has 0 saturated heterocycles. The smallest absolute Gasteiger partial charge is 0.0778 e. The average Bonchev–Trinajstić information content (AvgIpc) is 2.57. The molecular formula is C17H8Cl6N2. The summed E-state index contributed by atoms with van der Waals surface area (Å²) in [6.07, 6.45) is 3.24. The molecule has 0 aliphatic carbocycles. The van der Waals surface area contributed by atoms with Crippen molar-refractivity contribution in [2.24, 2.45) is 0 Å². The lowest BCUT2D eigenvalue weighted by atomic mass is 9.99. The maximum Gasteiger partial charge on any atom is 0.0778 e. The van der Waals surface area contributed by atoms with Crippen LogP contribution in [0.4, 0.5) is 5.69 Å². The summed E-state index contributed by atoms with van der Waals surface area (Å²) < 4.78 is 0. The van der Waals surface area contributed by atoms with E-state index in [-0.39, 0.29) is 10.0 Å². The second-order valence-electron chi connectivity index (χ2n) is 5.16. The summed E-state index contributed by atoms with van der Waals surface area (Å²) in [5.74, 6) is 0. The zero-order valence-corrected chi connectivity index (χ0v) is 16.8. The number of rotatable bonds is 2. The Morgan fingerprint density at radius 1 is 0.600 bits per heavy atom. The standard InChI is InChI=1S/C17H8Cl6N2/c18-11-1-7(2-12(19)15(11)22)9-5-25-6-10(17(9)24)8-3-13(20)16(23)14(21)4-8/h1-6H,(H2,24,25). The Hall–Kier alpha value is -0.870. The van der Waals surface area contributed by atoms with Gasteiger partial charge in [0.1, 0.15) is 0 Å². The predicted octanol–water partition coefficient (Wildman–Crippen LogP) is 7.92. The number of nitrogens with zero attached hydrogens (tertiary/aromatic N) is 1. The van der Waals surface area contributed by atoms with Crippen molar-refractivity contribution in [3.8, 4) is 22.3 Å². The number of benzene rings is 2. The van der Waals surface area contributed by atoms with Crippen molar-refractivity contribution >= 4 is 75.3 Å². The maximum absolute atomic E-state index is 6.35. The van der Waals surface area contributed by atoms with Gasteiger partial charge in [0.25, 0.3) is 0 Å². The van der Waals surface area contributed by atoms with Crippen molar-refractivity contribution in [2.45, 2.75) is 0 Å². The fraction of sp³-hybridized carbons (Fsp3) is 0. The third kappa shape index (κ3) is 3.66. The van der Waals surface area contributed by atoms with Crippen LogP contribution in [0.15, 0.2) is 36.7 Å².